The number of nitrogens with two attached hydrogens (primary N) is 1. The second-order valence-electron chi connectivity index (χ2n) is 3.20. The standard InChI is InChI=1S/C9H6BrN5S/c10-5-1-2-7(11)6(3-5)8-14-15-4-12-13-9(15)16-8/h1-4H,11H2. The maximum absolute atomic E-state index is 5.91. The molecular weight excluding hydrogens is 290 g/mol. The first-order valence-corrected chi connectivity index (χ1v) is 6.07. The van der Waals surface area contributed by atoms with Crippen LogP contribution in [0, 0.1) is 0 Å². The fourth-order valence-corrected chi connectivity index (χ4v) is 2.60. The minimum atomic E-state index is 0.702. The summed E-state index contributed by atoms with van der Waals surface area (Å²) in [6, 6.07) is 5.70. The van der Waals surface area contributed by atoms with Crippen molar-refractivity contribution in [1.29, 1.82) is 0 Å². The van der Waals surface area contributed by atoms with Gasteiger partial charge in [-0.05, 0) is 18.2 Å². The number of rotatable bonds is 1. The molecule has 80 valence electrons. The predicted octanol–water partition coefficient (Wildman–Crippen LogP) is 2.20. The number of hydrogen-bond acceptors (Lipinski definition) is 5. The minimum Gasteiger partial charge on any atom is -0.398 e. The molecule has 3 aromatic rings. The van der Waals surface area contributed by atoms with E-state index < -0.39 is 0 Å². The molecule has 2 N–H and O–H groups in total. The maximum Gasteiger partial charge on any atom is 0.234 e. The van der Waals surface area contributed by atoms with E-state index in [2.05, 4.69) is 31.2 Å². The number of nitrogens with zero attached hydrogens (tertiary/aromatic N) is 4. The van der Waals surface area contributed by atoms with Gasteiger partial charge in [0.1, 0.15) is 11.3 Å². The third kappa shape index (κ3) is 1.48. The molecule has 0 atom stereocenters. The molecule has 0 unspecified atom stereocenters. The third-order valence-electron chi connectivity index (χ3n) is 2.13. The molecule has 7 heteroatoms. The predicted molar refractivity (Wildman–Crippen MR) is 66.2 cm³/mol. The molecule has 0 aliphatic carbocycles. The van der Waals surface area contributed by atoms with Gasteiger partial charge < -0.3 is 5.73 Å². The highest BCUT2D eigenvalue weighted by Crippen LogP contribution is 2.31. The van der Waals surface area contributed by atoms with Crippen LogP contribution in [0.15, 0.2) is 29.0 Å². The molecule has 0 fully saturated rings. The van der Waals surface area contributed by atoms with E-state index in [4.69, 9.17) is 5.73 Å². The Labute approximate surface area is 103 Å². The molecule has 0 aliphatic rings. The van der Waals surface area contributed by atoms with Gasteiger partial charge >= 0.3 is 0 Å². The molecule has 0 aliphatic heterocycles. The van der Waals surface area contributed by atoms with Crippen LogP contribution < -0.4 is 5.73 Å². The number of halogens is 1. The van der Waals surface area contributed by atoms with Crippen molar-refractivity contribution in [2.45, 2.75) is 0 Å². The van der Waals surface area contributed by atoms with Crippen molar-refractivity contribution in [2.75, 3.05) is 5.73 Å². The lowest BCUT2D eigenvalue weighted by Gasteiger charge is -2.01. The van der Waals surface area contributed by atoms with Crippen molar-refractivity contribution in [1.82, 2.24) is 19.8 Å². The van der Waals surface area contributed by atoms with Crippen molar-refractivity contribution in [2.24, 2.45) is 0 Å². The topological polar surface area (TPSA) is 69.1 Å². The monoisotopic (exact) mass is 295 g/mol. The summed E-state index contributed by atoms with van der Waals surface area (Å²) < 4.78 is 2.61. The highest BCUT2D eigenvalue weighted by atomic mass is 79.9. The molecular formula is C9H6BrN5S. The van der Waals surface area contributed by atoms with Gasteiger partial charge in [-0.2, -0.15) is 9.61 Å². The third-order valence-corrected chi connectivity index (χ3v) is 3.57. The van der Waals surface area contributed by atoms with Crippen molar-refractivity contribution in [3.63, 3.8) is 0 Å². The summed E-state index contributed by atoms with van der Waals surface area (Å²) in [5.41, 5.74) is 7.52. The van der Waals surface area contributed by atoms with Gasteiger partial charge in [-0.15, -0.1) is 10.2 Å². The van der Waals surface area contributed by atoms with Gasteiger partial charge in [-0.3, -0.25) is 0 Å². The zero-order valence-electron chi connectivity index (χ0n) is 7.96. The number of fused-ring (bicyclic) bond motifs is 1. The molecule has 3 rings (SSSR count). The van der Waals surface area contributed by atoms with Crippen molar-refractivity contribution >= 4 is 37.9 Å². The Bertz CT molecular complexity index is 630. The van der Waals surface area contributed by atoms with Crippen LogP contribution in [0.3, 0.4) is 0 Å². The highest BCUT2D eigenvalue weighted by molar-refractivity contribution is 9.10. The van der Waals surface area contributed by atoms with E-state index in [0.717, 1.165) is 20.0 Å². The summed E-state index contributed by atoms with van der Waals surface area (Å²) in [7, 11) is 0. The molecule has 2 aromatic heterocycles. The van der Waals surface area contributed by atoms with Crippen LogP contribution in [0.5, 0.6) is 0 Å². The molecule has 0 bridgehead atoms. The minimum absolute atomic E-state index is 0.702. The van der Waals surface area contributed by atoms with Gasteiger partial charge in [0.15, 0.2) is 0 Å². The van der Waals surface area contributed by atoms with Gasteiger partial charge in [0.05, 0.1) is 0 Å². The van der Waals surface area contributed by atoms with Gasteiger partial charge in [0.2, 0.25) is 4.96 Å². The van der Waals surface area contributed by atoms with E-state index in [1.165, 1.54) is 11.3 Å². The first-order valence-electron chi connectivity index (χ1n) is 4.46. The van der Waals surface area contributed by atoms with Gasteiger partial charge in [-0.25, -0.2) is 0 Å². The summed E-state index contributed by atoms with van der Waals surface area (Å²) in [5.74, 6) is 0. The molecule has 0 spiro atoms. The molecule has 0 saturated carbocycles. The summed E-state index contributed by atoms with van der Waals surface area (Å²) >= 11 is 4.87. The largest absolute Gasteiger partial charge is 0.398 e. The second-order valence-corrected chi connectivity index (χ2v) is 5.07. The Balaban J connectivity index is 2.22. The Kier molecular flexibility index (Phi) is 2.15. The van der Waals surface area contributed by atoms with Crippen molar-refractivity contribution < 1.29 is 0 Å². The summed E-state index contributed by atoms with van der Waals surface area (Å²) in [6.45, 7) is 0. The Morgan fingerprint density at radius 2 is 2.25 bits per heavy atom. The number of aromatic nitrogens is 4. The van der Waals surface area contributed by atoms with Gasteiger partial charge in [0.25, 0.3) is 0 Å². The summed E-state index contributed by atoms with van der Waals surface area (Å²) in [5, 5.41) is 12.9. The number of anilines is 1. The smallest absolute Gasteiger partial charge is 0.234 e. The lowest BCUT2D eigenvalue weighted by Crippen LogP contribution is -1.90. The normalized spacial score (nSPS) is 11.1. The number of nitrogen functional groups attached to an aromatic ring is 1. The van der Waals surface area contributed by atoms with Gasteiger partial charge in [0, 0.05) is 15.7 Å². The fraction of sp³-hybridized carbons (Fsp3) is 0. The van der Waals surface area contributed by atoms with Crippen LogP contribution in [-0.4, -0.2) is 19.8 Å². The van der Waals surface area contributed by atoms with Crippen molar-refractivity contribution in [3.8, 4) is 10.6 Å². The molecule has 0 radical (unpaired) electrons. The number of hydrogen-bond donors (Lipinski definition) is 1. The van der Waals surface area contributed by atoms with E-state index in [1.54, 1.807) is 10.8 Å². The average Bonchev–Trinajstić information content (AvgIpc) is 2.81. The average molecular weight is 296 g/mol. The van der Waals surface area contributed by atoms with Crippen LogP contribution in [0.25, 0.3) is 15.5 Å². The Morgan fingerprint density at radius 1 is 1.38 bits per heavy atom. The van der Waals surface area contributed by atoms with Gasteiger partial charge in [-0.1, -0.05) is 27.3 Å². The van der Waals surface area contributed by atoms with Crippen LogP contribution in [0.4, 0.5) is 5.69 Å². The van der Waals surface area contributed by atoms with Crippen LogP contribution in [0.1, 0.15) is 0 Å². The Morgan fingerprint density at radius 3 is 3.06 bits per heavy atom. The highest BCUT2D eigenvalue weighted by Gasteiger charge is 2.10. The van der Waals surface area contributed by atoms with E-state index >= 15 is 0 Å². The SMILES string of the molecule is Nc1ccc(Br)cc1-c1nn2cnnc2s1. The van der Waals surface area contributed by atoms with E-state index in [1.807, 2.05) is 18.2 Å². The molecule has 2 heterocycles. The molecule has 0 amide bonds. The van der Waals surface area contributed by atoms with Crippen molar-refractivity contribution in [3.05, 3.63) is 29.0 Å². The Hall–Kier alpha value is -1.47. The first-order chi connectivity index (χ1) is 7.74. The molecule has 5 nitrogen and oxygen atoms in total. The fourth-order valence-electron chi connectivity index (χ4n) is 1.38. The second kappa shape index (κ2) is 3.53. The molecule has 16 heavy (non-hydrogen) atoms. The van der Waals surface area contributed by atoms with E-state index in [-0.39, 0.29) is 0 Å². The van der Waals surface area contributed by atoms with Crippen LogP contribution >= 0.6 is 27.3 Å². The quantitative estimate of drug-likeness (QED) is 0.699. The maximum atomic E-state index is 5.91. The van der Waals surface area contributed by atoms with E-state index in [9.17, 15) is 0 Å². The first kappa shape index (κ1) is 9.73. The summed E-state index contributed by atoms with van der Waals surface area (Å²) in [4.78, 5) is 0.759. The van der Waals surface area contributed by atoms with Crippen LogP contribution in [-0.2, 0) is 0 Å². The zero-order chi connectivity index (χ0) is 11.1. The number of benzene rings is 1. The zero-order valence-corrected chi connectivity index (χ0v) is 10.4. The van der Waals surface area contributed by atoms with E-state index in [0.29, 0.717) is 5.69 Å². The van der Waals surface area contributed by atoms with Crippen LogP contribution in [0.2, 0.25) is 0 Å². The summed E-state index contributed by atoms with van der Waals surface area (Å²) in [6.07, 6.45) is 1.57. The molecule has 1 aromatic carbocycles. The lowest BCUT2D eigenvalue weighted by molar-refractivity contribution is 0.960. The lowest BCUT2D eigenvalue weighted by atomic mass is 10.2. The molecule has 0 saturated heterocycles.